The Labute approximate surface area is 196 Å². The molecule has 0 bridgehead atoms. The highest BCUT2D eigenvalue weighted by atomic mass is 16.5. The zero-order chi connectivity index (χ0) is 24.0. The molecule has 5 nitrogen and oxygen atoms in total. The number of rotatable bonds is 7. The van der Waals surface area contributed by atoms with Crippen molar-refractivity contribution in [1.29, 1.82) is 0 Å². The normalized spacial score (nSPS) is 13.1. The summed E-state index contributed by atoms with van der Waals surface area (Å²) in [6.45, 7) is 10.1. The van der Waals surface area contributed by atoms with Gasteiger partial charge in [-0.3, -0.25) is 4.79 Å². The summed E-state index contributed by atoms with van der Waals surface area (Å²) in [4.78, 5) is 22.1. The molecule has 0 saturated heterocycles. The molecule has 33 heavy (non-hydrogen) atoms. The van der Waals surface area contributed by atoms with Crippen molar-refractivity contribution < 1.29 is 14.3 Å². The number of hydrogen-bond donors (Lipinski definition) is 0. The van der Waals surface area contributed by atoms with Gasteiger partial charge in [0.15, 0.2) is 6.10 Å². The minimum atomic E-state index is -0.840. The van der Waals surface area contributed by atoms with Crippen LogP contribution in [0.15, 0.2) is 67.0 Å². The molecule has 1 heterocycles. The molecule has 3 rings (SSSR count). The first-order valence-corrected chi connectivity index (χ1v) is 11.0. The number of carbonyl (C=O) groups is 1. The molecule has 0 saturated carbocycles. The first-order chi connectivity index (χ1) is 15.7. The molecule has 0 amide bonds. The molecule has 170 valence electrons. The molecule has 0 radical (unpaired) electrons. The summed E-state index contributed by atoms with van der Waals surface area (Å²) >= 11 is 0. The molecule has 0 spiro atoms. The van der Waals surface area contributed by atoms with Crippen molar-refractivity contribution in [3.63, 3.8) is 0 Å². The predicted molar refractivity (Wildman–Crippen MR) is 129 cm³/mol. The topological polar surface area (TPSA) is 61.3 Å². The van der Waals surface area contributed by atoms with E-state index in [-0.39, 0.29) is 11.3 Å². The van der Waals surface area contributed by atoms with Crippen molar-refractivity contribution in [2.75, 3.05) is 0 Å². The highest BCUT2D eigenvalue weighted by Gasteiger charge is 2.29. The molecule has 0 aliphatic rings. The number of nitrogens with zero attached hydrogens (tertiary/aromatic N) is 2. The van der Waals surface area contributed by atoms with Gasteiger partial charge in [-0.2, -0.15) is 0 Å². The molecular formula is C28H30N2O3. The number of esters is 1. The first kappa shape index (κ1) is 24.0. The molecule has 3 aromatic rings. The third-order valence-electron chi connectivity index (χ3n) is 5.15. The molecule has 0 N–H and O–H groups in total. The zero-order valence-electron chi connectivity index (χ0n) is 19.8. The van der Waals surface area contributed by atoms with Crippen molar-refractivity contribution in [2.45, 2.75) is 52.1 Å². The molecule has 5 heteroatoms. The average molecular weight is 443 g/mol. The van der Waals surface area contributed by atoms with E-state index in [2.05, 4.69) is 15.9 Å². The second kappa shape index (κ2) is 10.3. The Balaban J connectivity index is 1.79. The summed E-state index contributed by atoms with van der Waals surface area (Å²) in [7, 11) is 0. The highest BCUT2D eigenvalue weighted by molar-refractivity contribution is 5.78. The second-order valence-corrected chi connectivity index (χ2v) is 9.28. The van der Waals surface area contributed by atoms with E-state index in [1.807, 2.05) is 83.1 Å². The maximum absolute atomic E-state index is 13.2. The molecule has 2 atom stereocenters. The lowest BCUT2D eigenvalue weighted by atomic mass is 9.89. The van der Waals surface area contributed by atoms with Crippen LogP contribution < -0.4 is 4.74 Å². The zero-order valence-corrected chi connectivity index (χ0v) is 19.8. The molecule has 1 aromatic heterocycles. The molecular weight excluding hydrogens is 412 g/mol. The standard InChI is InChI=1S/C28H30N2O3/c1-7-24(20-12-11-15-23(16-20)32-22-13-9-8-10-14-22)33-26(31)25(19(2)3)21-17-29-27(30-18-21)28(4,5)6/h1,8-19,24-25H,2-6H3. The average Bonchev–Trinajstić information content (AvgIpc) is 2.78. The van der Waals surface area contributed by atoms with Crippen LogP contribution in [0.2, 0.25) is 0 Å². The van der Waals surface area contributed by atoms with Crippen LogP contribution in [-0.4, -0.2) is 15.9 Å². The summed E-state index contributed by atoms with van der Waals surface area (Å²) in [5.74, 6) is 3.67. The first-order valence-electron chi connectivity index (χ1n) is 11.0. The summed E-state index contributed by atoms with van der Waals surface area (Å²) in [6, 6.07) is 16.7. The number of aromatic nitrogens is 2. The van der Waals surface area contributed by atoms with Gasteiger partial charge in [0, 0.05) is 28.9 Å². The maximum atomic E-state index is 13.2. The summed E-state index contributed by atoms with van der Waals surface area (Å²) in [5.41, 5.74) is 1.20. The second-order valence-electron chi connectivity index (χ2n) is 9.28. The predicted octanol–water partition coefficient (Wildman–Crippen LogP) is 6.22. The van der Waals surface area contributed by atoms with Gasteiger partial charge in [-0.05, 0) is 30.2 Å². The van der Waals surface area contributed by atoms with E-state index in [0.29, 0.717) is 22.6 Å². The van der Waals surface area contributed by atoms with E-state index < -0.39 is 18.0 Å². The monoisotopic (exact) mass is 442 g/mol. The van der Waals surface area contributed by atoms with E-state index in [1.165, 1.54) is 0 Å². The lowest BCUT2D eigenvalue weighted by Gasteiger charge is -2.23. The smallest absolute Gasteiger partial charge is 0.315 e. The van der Waals surface area contributed by atoms with Gasteiger partial charge < -0.3 is 9.47 Å². The Morgan fingerprint density at radius 1 is 0.939 bits per heavy atom. The fourth-order valence-electron chi connectivity index (χ4n) is 3.43. The third kappa shape index (κ3) is 6.20. The number of benzene rings is 2. The van der Waals surface area contributed by atoms with Crippen LogP contribution in [0, 0.1) is 18.3 Å². The summed E-state index contributed by atoms with van der Waals surface area (Å²) in [6.07, 6.45) is 8.32. The molecule has 0 aliphatic heterocycles. The fourth-order valence-corrected chi connectivity index (χ4v) is 3.43. The quantitative estimate of drug-likeness (QED) is 0.321. The van der Waals surface area contributed by atoms with Gasteiger partial charge >= 0.3 is 5.97 Å². The molecule has 2 unspecified atom stereocenters. The summed E-state index contributed by atoms with van der Waals surface area (Å²) in [5, 5.41) is 0. The number of ether oxygens (including phenoxy) is 2. The van der Waals surface area contributed by atoms with Crippen molar-refractivity contribution in [1.82, 2.24) is 9.97 Å². The molecule has 0 fully saturated rings. The van der Waals surface area contributed by atoms with Gasteiger partial charge in [0.05, 0.1) is 5.92 Å². The van der Waals surface area contributed by atoms with E-state index >= 15 is 0 Å². The Morgan fingerprint density at radius 2 is 1.58 bits per heavy atom. The highest BCUT2D eigenvalue weighted by Crippen LogP contribution is 2.31. The van der Waals surface area contributed by atoms with Crippen LogP contribution in [0.5, 0.6) is 11.5 Å². The van der Waals surface area contributed by atoms with Crippen LogP contribution in [0.4, 0.5) is 0 Å². The van der Waals surface area contributed by atoms with Crippen LogP contribution in [-0.2, 0) is 14.9 Å². The van der Waals surface area contributed by atoms with Crippen molar-refractivity contribution in [3.8, 4) is 23.8 Å². The third-order valence-corrected chi connectivity index (χ3v) is 5.15. The minimum absolute atomic E-state index is 0.0206. The van der Waals surface area contributed by atoms with E-state index in [0.717, 1.165) is 5.82 Å². The Morgan fingerprint density at radius 3 is 2.15 bits per heavy atom. The lowest BCUT2D eigenvalue weighted by molar-refractivity contribution is -0.149. The van der Waals surface area contributed by atoms with Crippen LogP contribution in [0.25, 0.3) is 0 Å². The van der Waals surface area contributed by atoms with Crippen LogP contribution in [0.3, 0.4) is 0 Å². The molecule has 0 aliphatic carbocycles. The number of carbonyl (C=O) groups excluding carboxylic acids is 1. The minimum Gasteiger partial charge on any atom is -0.457 e. The maximum Gasteiger partial charge on any atom is 0.315 e. The fraction of sp³-hybridized carbons (Fsp3) is 0.321. The molecule has 2 aromatic carbocycles. The van der Waals surface area contributed by atoms with Gasteiger partial charge in [0.25, 0.3) is 0 Å². The SMILES string of the molecule is C#CC(OC(=O)C(c1cnc(C(C)(C)C)nc1)C(C)C)c1cccc(Oc2ccccc2)c1. The van der Waals surface area contributed by atoms with Gasteiger partial charge in [0.2, 0.25) is 0 Å². The van der Waals surface area contributed by atoms with E-state index in [9.17, 15) is 4.79 Å². The van der Waals surface area contributed by atoms with Gasteiger partial charge in [-0.25, -0.2) is 9.97 Å². The largest absolute Gasteiger partial charge is 0.457 e. The van der Waals surface area contributed by atoms with Crippen LogP contribution >= 0.6 is 0 Å². The van der Waals surface area contributed by atoms with Crippen molar-refractivity contribution in [2.24, 2.45) is 5.92 Å². The van der Waals surface area contributed by atoms with Crippen molar-refractivity contribution >= 4 is 5.97 Å². The number of hydrogen-bond acceptors (Lipinski definition) is 5. The van der Waals surface area contributed by atoms with E-state index in [4.69, 9.17) is 15.9 Å². The summed E-state index contributed by atoms with van der Waals surface area (Å²) < 4.78 is 11.7. The Kier molecular flexibility index (Phi) is 7.50. The lowest BCUT2D eigenvalue weighted by Crippen LogP contribution is -2.24. The Bertz CT molecular complexity index is 1110. The van der Waals surface area contributed by atoms with Gasteiger partial charge in [-0.15, -0.1) is 6.42 Å². The number of terminal acetylenes is 1. The van der Waals surface area contributed by atoms with Gasteiger partial charge in [-0.1, -0.05) is 70.9 Å². The van der Waals surface area contributed by atoms with Gasteiger partial charge in [0.1, 0.15) is 17.3 Å². The number of para-hydroxylation sites is 1. The van der Waals surface area contributed by atoms with E-state index in [1.54, 1.807) is 18.5 Å². The van der Waals surface area contributed by atoms with Crippen molar-refractivity contribution in [3.05, 3.63) is 83.9 Å². The Hall–Kier alpha value is -3.65. The van der Waals surface area contributed by atoms with Crippen LogP contribution in [0.1, 0.15) is 63.6 Å².